The number of rotatable bonds is 6. The quantitative estimate of drug-likeness (QED) is 0.702. The van der Waals surface area contributed by atoms with E-state index >= 15 is 0 Å². The average molecular weight is 291 g/mol. The van der Waals surface area contributed by atoms with Gasteiger partial charge in [-0.25, -0.2) is 0 Å². The van der Waals surface area contributed by atoms with Crippen molar-refractivity contribution in [1.82, 2.24) is 0 Å². The third-order valence-corrected chi connectivity index (χ3v) is 4.18. The van der Waals surface area contributed by atoms with Crippen LogP contribution in [0.3, 0.4) is 0 Å². The highest BCUT2D eigenvalue weighted by molar-refractivity contribution is 5.95. The number of carbonyl (C=O) groups excluding carboxylic acids is 1. The van der Waals surface area contributed by atoms with Gasteiger partial charge in [0.2, 0.25) is 5.91 Å². The minimum absolute atomic E-state index is 0.0434. The Kier molecular flexibility index (Phi) is 5.07. The number of anilines is 3. The summed E-state index contributed by atoms with van der Waals surface area (Å²) in [7, 11) is 0. The van der Waals surface area contributed by atoms with Crippen molar-refractivity contribution >= 4 is 23.0 Å². The molecule has 0 aromatic heterocycles. The fraction of sp³-hybridized carbons (Fsp3) is 0.562. The number of nitrogens with one attached hydrogen (secondary N) is 1. The van der Waals surface area contributed by atoms with Crippen LogP contribution in [-0.4, -0.2) is 30.2 Å². The van der Waals surface area contributed by atoms with E-state index in [1.807, 2.05) is 6.07 Å². The van der Waals surface area contributed by atoms with Crippen LogP contribution in [0.1, 0.15) is 38.7 Å². The van der Waals surface area contributed by atoms with E-state index in [2.05, 4.69) is 30.1 Å². The lowest BCUT2D eigenvalue weighted by molar-refractivity contribution is -0.116. The molecule has 5 nitrogen and oxygen atoms in total. The Morgan fingerprint density at radius 1 is 1.33 bits per heavy atom. The molecule has 0 atom stereocenters. The van der Waals surface area contributed by atoms with Gasteiger partial charge in [0.1, 0.15) is 0 Å². The largest absolute Gasteiger partial charge is 0.397 e. The van der Waals surface area contributed by atoms with Crippen LogP contribution >= 0.6 is 0 Å². The first kappa shape index (κ1) is 15.6. The molecular formula is C16H25N3O2. The van der Waals surface area contributed by atoms with Gasteiger partial charge in [-0.1, -0.05) is 13.8 Å². The van der Waals surface area contributed by atoms with Crippen LogP contribution in [0.2, 0.25) is 0 Å². The molecule has 0 radical (unpaired) electrons. The molecule has 1 amide bonds. The molecule has 116 valence electrons. The molecular weight excluding hydrogens is 266 g/mol. The van der Waals surface area contributed by atoms with Crippen molar-refractivity contribution < 1.29 is 9.90 Å². The molecule has 21 heavy (non-hydrogen) atoms. The van der Waals surface area contributed by atoms with E-state index in [-0.39, 0.29) is 12.5 Å². The molecule has 1 heterocycles. The highest BCUT2D eigenvalue weighted by atomic mass is 16.3. The number of nitrogen functional groups attached to an aromatic ring is 1. The van der Waals surface area contributed by atoms with Crippen molar-refractivity contribution in [3.05, 3.63) is 17.7 Å². The van der Waals surface area contributed by atoms with E-state index in [0.717, 1.165) is 36.2 Å². The van der Waals surface area contributed by atoms with Gasteiger partial charge in [0.05, 0.1) is 18.0 Å². The maximum atomic E-state index is 11.5. The van der Waals surface area contributed by atoms with E-state index in [0.29, 0.717) is 24.7 Å². The predicted octanol–water partition coefficient (Wildman–Crippen LogP) is 2.14. The molecule has 5 heteroatoms. The maximum Gasteiger partial charge on any atom is 0.224 e. The number of hydrogen-bond donors (Lipinski definition) is 3. The highest BCUT2D eigenvalue weighted by Gasteiger charge is 2.22. The second-order valence-corrected chi connectivity index (χ2v) is 5.50. The van der Waals surface area contributed by atoms with E-state index in [1.54, 1.807) is 0 Å². The van der Waals surface area contributed by atoms with Crippen molar-refractivity contribution in [2.75, 3.05) is 29.1 Å². The Hall–Kier alpha value is -1.75. The Morgan fingerprint density at radius 2 is 2.05 bits per heavy atom. The van der Waals surface area contributed by atoms with Crippen LogP contribution in [0.5, 0.6) is 0 Å². The number of aryl methyl sites for hydroxylation is 1. The Labute approximate surface area is 126 Å². The molecule has 0 unspecified atom stereocenters. The lowest BCUT2D eigenvalue weighted by Crippen LogP contribution is -2.37. The normalized spacial score (nSPS) is 14.0. The topological polar surface area (TPSA) is 78.6 Å². The Balaban J connectivity index is 2.38. The maximum absolute atomic E-state index is 11.5. The number of benzene rings is 1. The van der Waals surface area contributed by atoms with Gasteiger partial charge < -0.3 is 21.1 Å². The molecule has 0 saturated carbocycles. The second kappa shape index (κ2) is 6.80. The van der Waals surface area contributed by atoms with E-state index in [1.165, 1.54) is 0 Å². The smallest absolute Gasteiger partial charge is 0.224 e. The van der Waals surface area contributed by atoms with Gasteiger partial charge in [-0.05, 0) is 37.0 Å². The van der Waals surface area contributed by atoms with Crippen LogP contribution in [0.4, 0.5) is 17.1 Å². The van der Waals surface area contributed by atoms with Gasteiger partial charge >= 0.3 is 0 Å². The number of amides is 1. The first-order valence-electron chi connectivity index (χ1n) is 7.70. The van der Waals surface area contributed by atoms with E-state index < -0.39 is 0 Å². The summed E-state index contributed by atoms with van der Waals surface area (Å²) in [6.45, 7) is 4.96. The first-order chi connectivity index (χ1) is 10.1. The van der Waals surface area contributed by atoms with Gasteiger partial charge in [-0.15, -0.1) is 0 Å². The average Bonchev–Trinajstić information content (AvgIpc) is 2.47. The summed E-state index contributed by atoms with van der Waals surface area (Å²) < 4.78 is 0. The van der Waals surface area contributed by atoms with E-state index in [9.17, 15) is 9.90 Å². The molecule has 4 N–H and O–H groups in total. The fourth-order valence-electron chi connectivity index (χ4n) is 3.02. The van der Waals surface area contributed by atoms with Crippen molar-refractivity contribution in [3.63, 3.8) is 0 Å². The first-order valence-corrected chi connectivity index (χ1v) is 7.70. The van der Waals surface area contributed by atoms with Crippen molar-refractivity contribution in [2.45, 2.75) is 45.6 Å². The molecule has 0 aliphatic carbocycles. The summed E-state index contributed by atoms with van der Waals surface area (Å²) in [6.07, 6.45) is 3.26. The monoisotopic (exact) mass is 291 g/mol. The summed E-state index contributed by atoms with van der Waals surface area (Å²) in [6, 6.07) is 4.27. The molecule has 2 rings (SSSR count). The Bertz CT molecular complexity index is 512. The summed E-state index contributed by atoms with van der Waals surface area (Å²) in [5, 5.41) is 12.2. The lowest BCUT2D eigenvalue weighted by Gasteiger charge is -2.34. The number of carbonyl (C=O) groups is 1. The summed E-state index contributed by atoms with van der Waals surface area (Å²) in [4.78, 5) is 13.7. The molecule has 1 aromatic carbocycles. The van der Waals surface area contributed by atoms with Crippen LogP contribution in [-0.2, 0) is 11.2 Å². The molecule has 0 spiro atoms. The zero-order chi connectivity index (χ0) is 15.4. The summed E-state index contributed by atoms with van der Waals surface area (Å²) in [5.74, 6) is 0.0434. The van der Waals surface area contributed by atoms with Gasteiger partial charge in [0.25, 0.3) is 0 Å². The van der Waals surface area contributed by atoms with Crippen molar-refractivity contribution in [3.8, 4) is 0 Å². The number of nitrogens with two attached hydrogens (primary N) is 1. The lowest BCUT2D eigenvalue weighted by atomic mass is 9.99. The number of aliphatic hydroxyl groups is 1. The summed E-state index contributed by atoms with van der Waals surface area (Å²) in [5.41, 5.74) is 9.75. The number of fused-ring (bicyclic) bond motifs is 1. The standard InChI is InChI=1S/C16H25N3O2/c1-3-12(4-2)19(7-8-20)15-9-11-5-6-16(21)18-14(11)10-13(15)17/h9-10,12,20H,3-8,17H2,1-2H3,(H,18,21). The number of aliphatic hydroxyl groups excluding tert-OH is 1. The number of hydrogen-bond acceptors (Lipinski definition) is 4. The van der Waals surface area contributed by atoms with Crippen molar-refractivity contribution in [1.29, 1.82) is 0 Å². The number of nitrogens with zero attached hydrogens (tertiary/aromatic N) is 1. The van der Waals surface area contributed by atoms with Crippen LogP contribution in [0, 0.1) is 0 Å². The molecule has 1 aromatic rings. The minimum atomic E-state index is 0.0434. The zero-order valence-corrected chi connectivity index (χ0v) is 12.9. The predicted molar refractivity (Wildman–Crippen MR) is 86.6 cm³/mol. The van der Waals surface area contributed by atoms with Crippen LogP contribution < -0.4 is 16.0 Å². The molecule has 1 aliphatic rings. The molecule has 1 aliphatic heterocycles. The fourth-order valence-corrected chi connectivity index (χ4v) is 3.02. The van der Waals surface area contributed by atoms with Gasteiger partial charge in [0.15, 0.2) is 0 Å². The molecule has 0 bridgehead atoms. The van der Waals surface area contributed by atoms with Gasteiger partial charge in [-0.2, -0.15) is 0 Å². The third kappa shape index (κ3) is 3.29. The van der Waals surface area contributed by atoms with Gasteiger partial charge in [0, 0.05) is 24.7 Å². The Morgan fingerprint density at radius 3 is 2.67 bits per heavy atom. The second-order valence-electron chi connectivity index (χ2n) is 5.50. The van der Waals surface area contributed by atoms with Crippen LogP contribution in [0.15, 0.2) is 12.1 Å². The van der Waals surface area contributed by atoms with Crippen molar-refractivity contribution in [2.24, 2.45) is 0 Å². The highest BCUT2D eigenvalue weighted by Crippen LogP contribution is 2.34. The summed E-state index contributed by atoms with van der Waals surface area (Å²) >= 11 is 0. The third-order valence-electron chi connectivity index (χ3n) is 4.18. The zero-order valence-electron chi connectivity index (χ0n) is 12.9. The van der Waals surface area contributed by atoms with Gasteiger partial charge in [-0.3, -0.25) is 4.79 Å². The molecule has 0 saturated heterocycles. The van der Waals surface area contributed by atoms with Crippen LogP contribution in [0.25, 0.3) is 0 Å². The molecule has 0 fully saturated rings. The van der Waals surface area contributed by atoms with E-state index in [4.69, 9.17) is 5.73 Å². The SMILES string of the molecule is CCC(CC)N(CCO)c1cc2c(cc1N)NC(=O)CC2. The minimum Gasteiger partial charge on any atom is -0.397 e.